The Morgan fingerprint density at radius 2 is 1.59 bits per heavy atom. The summed E-state index contributed by atoms with van der Waals surface area (Å²) in [5.74, 6) is -0.795. The monoisotopic (exact) mass is 495 g/mol. The Balaban J connectivity index is 1.18. The predicted molar refractivity (Wildman–Crippen MR) is 136 cm³/mol. The minimum atomic E-state index is -0.756. The zero-order valence-corrected chi connectivity index (χ0v) is 19.5. The number of rotatable bonds is 8. The van der Waals surface area contributed by atoms with E-state index in [4.69, 9.17) is 9.15 Å². The van der Waals surface area contributed by atoms with E-state index < -0.39 is 11.5 Å². The zero-order valence-electron chi connectivity index (χ0n) is 19.5. The van der Waals surface area contributed by atoms with Gasteiger partial charge in [0, 0.05) is 17.5 Å². The van der Waals surface area contributed by atoms with Crippen molar-refractivity contribution in [1.82, 2.24) is 10.3 Å². The van der Waals surface area contributed by atoms with Crippen molar-refractivity contribution in [1.29, 1.82) is 0 Å². The van der Waals surface area contributed by atoms with E-state index in [0.717, 1.165) is 0 Å². The molecule has 37 heavy (non-hydrogen) atoms. The van der Waals surface area contributed by atoms with E-state index in [1.54, 1.807) is 72.8 Å². The molecule has 0 aliphatic carbocycles. The largest absolute Gasteiger partial charge is 0.493 e. The molecule has 1 aliphatic rings. The van der Waals surface area contributed by atoms with E-state index >= 15 is 0 Å². The number of carbonyl (C=O) groups is 3. The van der Waals surface area contributed by atoms with Gasteiger partial charge in [-0.05, 0) is 42.8 Å². The average molecular weight is 495 g/mol. The number of hydrogen-bond donors (Lipinski definition) is 1. The van der Waals surface area contributed by atoms with Gasteiger partial charge in [0.1, 0.15) is 16.9 Å². The molecule has 0 saturated heterocycles. The van der Waals surface area contributed by atoms with E-state index in [9.17, 15) is 19.2 Å². The van der Waals surface area contributed by atoms with Gasteiger partial charge in [-0.3, -0.25) is 19.3 Å². The Kier molecular flexibility index (Phi) is 6.58. The van der Waals surface area contributed by atoms with Gasteiger partial charge in [-0.25, -0.2) is 10.2 Å². The van der Waals surface area contributed by atoms with Crippen LogP contribution in [0.15, 0.2) is 93.2 Å². The summed E-state index contributed by atoms with van der Waals surface area (Å²) in [6, 6.07) is 22.2. The summed E-state index contributed by atoms with van der Waals surface area (Å²) in [7, 11) is 0. The first kappa shape index (κ1) is 23.7. The van der Waals surface area contributed by atoms with Crippen LogP contribution >= 0.6 is 0 Å². The topological polar surface area (TPSA) is 118 Å². The highest BCUT2D eigenvalue weighted by molar-refractivity contribution is 6.21. The highest BCUT2D eigenvalue weighted by Crippen LogP contribution is 2.23. The molecule has 1 aromatic heterocycles. The number of imide groups is 1. The molecule has 9 nitrogen and oxygen atoms in total. The molecule has 1 aliphatic heterocycles. The number of ether oxygens (including phenoxy) is 1. The fraction of sp³-hybridized carbons (Fsp3) is 0.107. The fourth-order valence-electron chi connectivity index (χ4n) is 4.01. The summed E-state index contributed by atoms with van der Waals surface area (Å²) < 4.78 is 11.0. The van der Waals surface area contributed by atoms with Crippen LogP contribution in [0.4, 0.5) is 0 Å². The minimum Gasteiger partial charge on any atom is -0.493 e. The van der Waals surface area contributed by atoms with Crippen LogP contribution in [0.3, 0.4) is 0 Å². The maximum absolute atomic E-state index is 12.5. The third kappa shape index (κ3) is 4.87. The number of amides is 3. The summed E-state index contributed by atoms with van der Waals surface area (Å²) in [5, 5.41) is 4.57. The van der Waals surface area contributed by atoms with Crippen molar-refractivity contribution in [2.45, 2.75) is 6.42 Å². The van der Waals surface area contributed by atoms with Crippen molar-refractivity contribution in [2.24, 2.45) is 5.10 Å². The molecule has 0 spiro atoms. The first-order valence-corrected chi connectivity index (χ1v) is 11.6. The van der Waals surface area contributed by atoms with Crippen molar-refractivity contribution in [3.05, 3.63) is 112 Å². The molecule has 184 valence electrons. The Bertz CT molecular complexity index is 1570. The van der Waals surface area contributed by atoms with Gasteiger partial charge in [-0.15, -0.1) is 0 Å². The number of para-hydroxylation sites is 2. The second-order valence-electron chi connectivity index (χ2n) is 8.23. The summed E-state index contributed by atoms with van der Waals surface area (Å²) in [6.45, 7) is 0.482. The van der Waals surface area contributed by atoms with E-state index in [-0.39, 0.29) is 30.5 Å². The summed E-state index contributed by atoms with van der Waals surface area (Å²) in [5.41, 5.74) is 3.23. The molecule has 3 aromatic carbocycles. The molecule has 5 rings (SSSR count). The first-order valence-electron chi connectivity index (χ1n) is 11.6. The summed E-state index contributed by atoms with van der Waals surface area (Å²) in [4.78, 5) is 50.8. The van der Waals surface area contributed by atoms with E-state index in [1.807, 2.05) is 0 Å². The second-order valence-corrected chi connectivity index (χ2v) is 8.23. The van der Waals surface area contributed by atoms with Crippen LogP contribution in [0.2, 0.25) is 0 Å². The van der Waals surface area contributed by atoms with Gasteiger partial charge >= 0.3 is 5.63 Å². The Morgan fingerprint density at radius 3 is 2.38 bits per heavy atom. The van der Waals surface area contributed by atoms with Crippen molar-refractivity contribution in [2.75, 3.05) is 13.2 Å². The second kappa shape index (κ2) is 10.3. The maximum Gasteiger partial charge on any atom is 0.349 e. The van der Waals surface area contributed by atoms with Gasteiger partial charge in [0.05, 0.1) is 23.9 Å². The number of hydrogen-bond acceptors (Lipinski definition) is 7. The van der Waals surface area contributed by atoms with Crippen molar-refractivity contribution in [3.8, 4) is 5.75 Å². The molecule has 3 amide bonds. The Morgan fingerprint density at radius 1 is 0.919 bits per heavy atom. The van der Waals surface area contributed by atoms with Crippen molar-refractivity contribution in [3.63, 3.8) is 0 Å². The summed E-state index contributed by atoms with van der Waals surface area (Å²) >= 11 is 0. The molecule has 9 heteroatoms. The average Bonchev–Trinajstić information content (AvgIpc) is 3.16. The van der Waals surface area contributed by atoms with Gasteiger partial charge in [-0.2, -0.15) is 5.10 Å². The normalized spacial score (nSPS) is 12.8. The first-order chi connectivity index (χ1) is 18.0. The molecule has 0 saturated carbocycles. The predicted octanol–water partition coefficient (Wildman–Crippen LogP) is 3.62. The molecular weight excluding hydrogens is 474 g/mol. The lowest BCUT2D eigenvalue weighted by molar-refractivity contribution is 0.0646. The van der Waals surface area contributed by atoms with Crippen molar-refractivity contribution < 1.29 is 23.5 Å². The van der Waals surface area contributed by atoms with Crippen molar-refractivity contribution >= 4 is 34.9 Å². The van der Waals surface area contributed by atoms with Crippen LogP contribution in [0, 0.1) is 0 Å². The molecule has 0 unspecified atom stereocenters. The zero-order chi connectivity index (χ0) is 25.8. The molecule has 0 bridgehead atoms. The van der Waals surface area contributed by atoms with Gasteiger partial charge in [0.15, 0.2) is 0 Å². The highest BCUT2D eigenvalue weighted by Gasteiger charge is 2.34. The molecule has 4 aromatic rings. The summed E-state index contributed by atoms with van der Waals surface area (Å²) in [6.07, 6.45) is 1.84. The van der Waals surface area contributed by atoms with Gasteiger partial charge < -0.3 is 9.15 Å². The number of benzene rings is 3. The Labute approximate surface area is 211 Å². The maximum atomic E-state index is 12.5. The van der Waals surface area contributed by atoms with E-state index in [2.05, 4.69) is 10.5 Å². The number of hydrazone groups is 1. The van der Waals surface area contributed by atoms with Gasteiger partial charge in [0.25, 0.3) is 17.7 Å². The molecule has 0 atom stereocenters. The molecular formula is C28H21N3O6. The molecule has 0 fully saturated rings. The van der Waals surface area contributed by atoms with E-state index in [0.29, 0.717) is 39.8 Å². The van der Waals surface area contributed by atoms with Crippen LogP contribution in [-0.4, -0.2) is 42.0 Å². The van der Waals surface area contributed by atoms with E-state index in [1.165, 1.54) is 17.2 Å². The molecule has 0 radical (unpaired) electrons. The number of fused-ring (bicyclic) bond motifs is 2. The van der Waals surface area contributed by atoms with Gasteiger partial charge in [0.2, 0.25) is 0 Å². The molecule has 1 N–H and O–H groups in total. The number of nitrogens with one attached hydrogen (secondary N) is 1. The SMILES string of the molecule is O=C(N/N=C\c1ccccc1OCCCN1C(=O)c2ccccc2C1=O)c1cc2ccccc2oc1=O. The van der Waals surface area contributed by atoms with Crippen LogP contribution in [0.5, 0.6) is 5.75 Å². The smallest absolute Gasteiger partial charge is 0.349 e. The highest BCUT2D eigenvalue weighted by atomic mass is 16.5. The van der Waals surface area contributed by atoms with Gasteiger partial charge in [-0.1, -0.05) is 42.5 Å². The minimum absolute atomic E-state index is 0.159. The Hall–Kier alpha value is -5.05. The molecule has 2 heterocycles. The van der Waals surface area contributed by atoms with Crippen LogP contribution in [0.1, 0.15) is 43.1 Å². The third-order valence-corrected chi connectivity index (χ3v) is 5.84. The number of carbonyl (C=O) groups excluding carboxylic acids is 3. The quantitative estimate of drug-likeness (QED) is 0.131. The number of nitrogens with zero attached hydrogens (tertiary/aromatic N) is 2. The van der Waals surface area contributed by atoms with Crippen LogP contribution in [-0.2, 0) is 0 Å². The van der Waals surface area contributed by atoms with Crippen LogP contribution < -0.4 is 15.8 Å². The lowest BCUT2D eigenvalue weighted by Gasteiger charge is -2.14. The lowest BCUT2D eigenvalue weighted by Crippen LogP contribution is -2.31. The van der Waals surface area contributed by atoms with Crippen LogP contribution in [0.25, 0.3) is 11.0 Å². The standard InChI is InChI=1S/C28H21N3O6/c32-25(22-16-18-8-1-6-13-24(18)37-28(22)35)30-29-17-19-9-2-5-12-23(19)36-15-7-14-31-26(33)20-10-3-4-11-21(20)27(31)34/h1-6,8-13,16-17H,7,14-15H2,(H,30,32)/b29-17-. The lowest BCUT2D eigenvalue weighted by atomic mass is 10.1. The third-order valence-electron chi connectivity index (χ3n) is 5.84. The fourth-order valence-corrected chi connectivity index (χ4v) is 4.01.